The summed E-state index contributed by atoms with van der Waals surface area (Å²) >= 11 is 0. The number of rotatable bonds is 2. The van der Waals surface area contributed by atoms with Gasteiger partial charge in [-0.05, 0) is 30.0 Å². The van der Waals surface area contributed by atoms with E-state index in [0.717, 1.165) is 12.3 Å². The van der Waals surface area contributed by atoms with E-state index in [1.54, 1.807) is 6.20 Å². The molecule has 2 nitrogen and oxygen atoms in total. The SMILES string of the molecule is N#Cc1cc(CC2CCC2)ccn1. The van der Waals surface area contributed by atoms with Crippen LogP contribution in [0.5, 0.6) is 0 Å². The van der Waals surface area contributed by atoms with E-state index in [0.29, 0.717) is 5.69 Å². The maximum Gasteiger partial charge on any atom is 0.140 e. The van der Waals surface area contributed by atoms with Crippen molar-refractivity contribution in [1.29, 1.82) is 5.26 Å². The molecule has 0 radical (unpaired) electrons. The normalized spacial score (nSPS) is 16.2. The molecule has 2 rings (SSSR count). The van der Waals surface area contributed by atoms with Gasteiger partial charge in [0.15, 0.2) is 0 Å². The molecule has 0 spiro atoms. The number of hydrogen-bond acceptors (Lipinski definition) is 2. The van der Waals surface area contributed by atoms with Crippen LogP contribution < -0.4 is 0 Å². The van der Waals surface area contributed by atoms with Crippen molar-refractivity contribution in [3.8, 4) is 6.07 Å². The lowest BCUT2D eigenvalue weighted by atomic mass is 9.81. The van der Waals surface area contributed by atoms with Crippen LogP contribution in [0.4, 0.5) is 0 Å². The van der Waals surface area contributed by atoms with Crippen molar-refractivity contribution in [3.63, 3.8) is 0 Å². The summed E-state index contributed by atoms with van der Waals surface area (Å²) in [5.74, 6) is 0.856. The Kier molecular flexibility index (Phi) is 2.27. The van der Waals surface area contributed by atoms with Crippen LogP contribution in [0, 0.1) is 17.2 Å². The fourth-order valence-electron chi connectivity index (χ4n) is 1.69. The molecule has 0 atom stereocenters. The second kappa shape index (κ2) is 3.57. The first-order valence-electron chi connectivity index (χ1n) is 4.73. The van der Waals surface area contributed by atoms with Crippen molar-refractivity contribution in [1.82, 2.24) is 4.98 Å². The van der Waals surface area contributed by atoms with Gasteiger partial charge < -0.3 is 0 Å². The lowest BCUT2D eigenvalue weighted by Crippen LogP contribution is -2.13. The lowest BCUT2D eigenvalue weighted by Gasteiger charge is -2.25. The zero-order valence-corrected chi connectivity index (χ0v) is 7.53. The Hall–Kier alpha value is -1.36. The smallest absolute Gasteiger partial charge is 0.140 e. The molecular formula is C11H12N2. The molecule has 1 fully saturated rings. The van der Waals surface area contributed by atoms with Crippen LogP contribution in [-0.2, 0) is 6.42 Å². The number of nitriles is 1. The molecule has 1 heterocycles. The summed E-state index contributed by atoms with van der Waals surface area (Å²) in [5.41, 5.74) is 1.80. The van der Waals surface area contributed by atoms with Crippen molar-refractivity contribution < 1.29 is 0 Å². The highest BCUT2D eigenvalue weighted by atomic mass is 14.7. The van der Waals surface area contributed by atoms with Gasteiger partial charge in [-0.1, -0.05) is 19.3 Å². The summed E-state index contributed by atoms with van der Waals surface area (Å²) in [7, 11) is 0. The standard InChI is InChI=1S/C11H12N2/c12-8-11-7-10(4-5-13-11)6-9-2-1-3-9/h4-5,7,9H,1-3,6H2. The molecule has 0 amide bonds. The molecular weight excluding hydrogens is 160 g/mol. The van der Waals surface area contributed by atoms with Crippen LogP contribution in [0.25, 0.3) is 0 Å². The van der Waals surface area contributed by atoms with Crippen LogP contribution >= 0.6 is 0 Å². The topological polar surface area (TPSA) is 36.7 Å². The number of hydrogen-bond donors (Lipinski definition) is 0. The van der Waals surface area contributed by atoms with E-state index in [4.69, 9.17) is 5.26 Å². The molecule has 66 valence electrons. The van der Waals surface area contributed by atoms with E-state index >= 15 is 0 Å². The van der Waals surface area contributed by atoms with Gasteiger partial charge in [-0.15, -0.1) is 0 Å². The highest BCUT2D eigenvalue weighted by molar-refractivity contribution is 5.25. The molecule has 1 aliphatic rings. The van der Waals surface area contributed by atoms with Crippen molar-refractivity contribution >= 4 is 0 Å². The van der Waals surface area contributed by atoms with Gasteiger partial charge in [0.2, 0.25) is 0 Å². The largest absolute Gasteiger partial charge is 0.246 e. The molecule has 0 N–H and O–H groups in total. The number of aromatic nitrogens is 1. The first kappa shape index (κ1) is 8.25. The first-order valence-corrected chi connectivity index (χ1v) is 4.73. The van der Waals surface area contributed by atoms with E-state index in [1.165, 1.54) is 24.8 Å². The van der Waals surface area contributed by atoms with Gasteiger partial charge in [-0.2, -0.15) is 5.26 Å². The predicted octanol–water partition coefficient (Wildman–Crippen LogP) is 2.30. The Morgan fingerprint density at radius 3 is 3.00 bits per heavy atom. The van der Waals surface area contributed by atoms with Crippen LogP contribution in [-0.4, -0.2) is 4.98 Å². The Morgan fingerprint density at radius 2 is 2.38 bits per heavy atom. The molecule has 13 heavy (non-hydrogen) atoms. The Bertz CT molecular complexity index is 334. The van der Waals surface area contributed by atoms with Gasteiger partial charge in [0.05, 0.1) is 0 Å². The zero-order chi connectivity index (χ0) is 9.10. The molecule has 2 heteroatoms. The van der Waals surface area contributed by atoms with Crippen molar-refractivity contribution in [2.24, 2.45) is 5.92 Å². The second-order valence-corrected chi connectivity index (χ2v) is 3.66. The van der Waals surface area contributed by atoms with Crippen LogP contribution in [0.1, 0.15) is 30.5 Å². The van der Waals surface area contributed by atoms with Crippen LogP contribution in [0.15, 0.2) is 18.3 Å². The molecule has 0 bridgehead atoms. The molecule has 0 unspecified atom stereocenters. The first-order chi connectivity index (χ1) is 6.38. The van der Waals surface area contributed by atoms with E-state index in [2.05, 4.69) is 11.1 Å². The fraction of sp³-hybridized carbons (Fsp3) is 0.455. The summed E-state index contributed by atoms with van der Waals surface area (Å²) in [4.78, 5) is 3.95. The average Bonchev–Trinajstić information content (AvgIpc) is 2.12. The van der Waals surface area contributed by atoms with E-state index in [9.17, 15) is 0 Å². The van der Waals surface area contributed by atoms with E-state index < -0.39 is 0 Å². The van der Waals surface area contributed by atoms with Gasteiger partial charge in [0.1, 0.15) is 11.8 Å². The summed E-state index contributed by atoms with van der Waals surface area (Å²) < 4.78 is 0. The van der Waals surface area contributed by atoms with Crippen molar-refractivity contribution in [3.05, 3.63) is 29.6 Å². The van der Waals surface area contributed by atoms with E-state index in [1.807, 2.05) is 12.1 Å². The van der Waals surface area contributed by atoms with Gasteiger partial charge in [0.25, 0.3) is 0 Å². The Balaban J connectivity index is 2.07. The second-order valence-electron chi connectivity index (χ2n) is 3.66. The molecule has 1 aliphatic carbocycles. The maximum absolute atomic E-state index is 8.65. The zero-order valence-electron chi connectivity index (χ0n) is 7.53. The number of pyridine rings is 1. The van der Waals surface area contributed by atoms with Crippen molar-refractivity contribution in [2.75, 3.05) is 0 Å². The third-order valence-electron chi connectivity index (χ3n) is 2.69. The van der Waals surface area contributed by atoms with Gasteiger partial charge >= 0.3 is 0 Å². The number of nitrogens with zero attached hydrogens (tertiary/aromatic N) is 2. The molecule has 1 saturated carbocycles. The lowest BCUT2D eigenvalue weighted by molar-refractivity contribution is 0.314. The van der Waals surface area contributed by atoms with E-state index in [-0.39, 0.29) is 0 Å². The van der Waals surface area contributed by atoms with Crippen LogP contribution in [0.3, 0.4) is 0 Å². The van der Waals surface area contributed by atoms with Crippen molar-refractivity contribution in [2.45, 2.75) is 25.7 Å². The summed E-state index contributed by atoms with van der Waals surface area (Å²) in [6, 6.07) is 5.98. The summed E-state index contributed by atoms with van der Waals surface area (Å²) in [5, 5.41) is 8.65. The Labute approximate surface area is 78.2 Å². The van der Waals surface area contributed by atoms with Gasteiger partial charge in [0, 0.05) is 6.20 Å². The molecule has 0 aromatic carbocycles. The minimum Gasteiger partial charge on any atom is -0.246 e. The molecule has 1 aromatic heterocycles. The average molecular weight is 172 g/mol. The summed E-state index contributed by atoms with van der Waals surface area (Å²) in [6.07, 6.45) is 6.93. The molecule has 0 saturated heterocycles. The van der Waals surface area contributed by atoms with Crippen LogP contribution in [0.2, 0.25) is 0 Å². The molecule has 1 aromatic rings. The quantitative estimate of drug-likeness (QED) is 0.686. The van der Waals surface area contributed by atoms with Gasteiger partial charge in [-0.3, -0.25) is 0 Å². The van der Waals surface area contributed by atoms with Gasteiger partial charge in [-0.25, -0.2) is 4.98 Å². The summed E-state index contributed by atoms with van der Waals surface area (Å²) in [6.45, 7) is 0. The monoisotopic (exact) mass is 172 g/mol. The highest BCUT2D eigenvalue weighted by Crippen LogP contribution is 2.29. The molecule has 0 aliphatic heterocycles. The third-order valence-corrected chi connectivity index (χ3v) is 2.69. The fourth-order valence-corrected chi connectivity index (χ4v) is 1.69. The third kappa shape index (κ3) is 1.86. The minimum absolute atomic E-state index is 0.539. The highest BCUT2D eigenvalue weighted by Gasteiger charge is 2.17. The maximum atomic E-state index is 8.65. The predicted molar refractivity (Wildman–Crippen MR) is 50.0 cm³/mol. The Morgan fingerprint density at radius 1 is 1.54 bits per heavy atom. The minimum atomic E-state index is 0.539.